The van der Waals surface area contributed by atoms with Gasteiger partial charge in [0.15, 0.2) is 5.94 Å². The summed E-state index contributed by atoms with van der Waals surface area (Å²) >= 11 is 0. The van der Waals surface area contributed by atoms with Crippen LogP contribution in [0.3, 0.4) is 0 Å². The molecule has 0 aliphatic carbocycles. The van der Waals surface area contributed by atoms with Crippen LogP contribution >= 0.6 is 0 Å². The molecule has 0 unspecified atom stereocenters. The molecule has 0 amide bonds. The zero-order chi connectivity index (χ0) is 10.8. The van der Waals surface area contributed by atoms with Crippen LogP contribution in [0.15, 0.2) is 11.3 Å². The molecule has 4 nitrogen and oxygen atoms in total. The Kier molecular flexibility index (Phi) is 7.48. The van der Waals surface area contributed by atoms with Crippen molar-refractivity contribution in [2.45, 2.75) is 26.2 Å². The average molecular weight is 198 g/mol. The maximum absolute atomic E-state index is 11.1. The van der Waals surface area contributed by atoms with E-state index in [9.17, 15) is 9.59 Å². The molecule has 0 aliphatic rings. The number of esters is 1. The summed E-state index contributed by atoms with van der Waals surface area (Å²) in [7, 11) is 0. The van der Waals surface area contributed by atoms with Crippen molar-refractivity contribution < 1.29 is 19.4 Å². The Hall–Kier alpha value is -1.34. The Labute approximate surface area is 82.9 Å². The Balaban J connectivity index is 3.95. The lowest BCUT2D eigenvalue weighted by Gasteiger charge is -2.03. The molecule has 1 N–H and O–H groups in total. The monoisotopic (exact) mass is 198 g/mol. The number of rotatable bonds is 6. The van der Waals surface area contributed by atoms with Crippen LogP contribution in [0.4, 0.5) is 0 Å². The Morgan fingerprint density at radius 3 is 2.64 bits per heavy atom. The van der Waals surface area contributed by atoms with Crippen molar-refractivity contribution in [3.8, 4) is 0 Å². The average Bonchev–Trinajstić information content (AvgIpc) is 2.20. The number of hydrogen-bond acceptors (Lipinski definition) is 4. The lowest BCUT2D eigenvalue weighted by Crippen LogP contribution is -2.11. The highest BCUT2D eigenvalue weighted by Crippen LogP contribution is 1.98. The standard InChI is InChI=1S/C10H14O4/c1-2-3-4-7-14-10(13)9(8-12)5-6-11/h12H,2-4,7-8H2,1H3. The minimum atomic E-state index is -0.702. The van der Waals surface area contributed by atoms with E-state index in [1.54, 1.807) is 0 Å². The Morgan fingerprint density at radius 1 is 1.43 bits per heavy atom. The number of aliphatic hydroxyl groups is 1. The van der Waals surface area contributed by atoms with E-state index in [-0.39, 0.29) is 5.57 Å². The van der Waals surface area contributed by atoms with Crippen molar-refractivity contribution in [3.63, 3.8) is 0 Å². The highest BCUT2D eigenvalue weighted by atomic mass is 16.5. The zero-order valence-electron chi connectivity index (χ0n) is 8.21. The molecule has 0 saturated heterocycles. The molecule has 0 aromatic heterocycles. The van der Waals surface area contributed by atoms with Gasteiger partial charge in [0.05, 0.1) is 13.2 Å². The molecule has 14 heavy (non-hydrogen) atoms. The van der Waals surface area contributed by atoms with Gasteiger partial charge in [0, 0.05) is 0 Å². The number of hydrogen-bond donors (Lipinski definition) is 1. The smallest absolute Gasteiger partial charge is 0.345 e. The van der Waals surface area contributed by atoms with Crippen LogP contribution in [0, 0.1) is 0 Å². The predicted octanol–water partition coefficient (Wildman–Crippen LogP) is 0.625. The molecule has 0 aromatic rings. The third-order valence-electron chi connectivity index (χ3n) is 1.59. The first-order valence-electron chi connectivity index (χ1n) is 4.53. The minimum absolute atomic E-state index is 0.184. The van der Waals surface area contributed by atoms with Gasteiger partial charge in [-0.1, -0.05) is 19.8 Å². The van der Waals surface area contributed by atoms with Crippen LogP contribution in [-0.4, -0.2) is 30.2 Å². The molecule has 0 aliphatic heterocycles. The minimum Gasteiger partial charge on any atom is -0.462 e. The summed E-state index contributed by atoms with van der Waals surface area (Å²) in [6, 6.07) is 0. The van der Waals surface area contributed by atoms with E-state index in [4.69, 9.17) is 9.84 Å². The molecule has 0 aromatic carbocycles. The molecular weight excluding hydrogens is 184 g/mol. The fourth-order valence-corrected chi connectivity index (χ4v) is 0.821. The van der Waals surface area contributed by atoms with Crippen LogP contribution in [0.2, 0.25) is 0 Å². The number of carbonyl (C=O) groups is 1. The molecule has 0 radical (unpaired) electrons. The molecule has 0 fully saturated rings. The van der Waals surface area contributed by atoms with Crippen LogP contribution in [0.5, 0.6) is 0 Å². The van der Waals surface area contributed by atoms with Gasteiger partial charge in [-0.05, 0) is 12.2 Å². The third-order valence-corrected chi connectivity index (χ3v) is 1.59. The van der Waals surface area contributed by atoms with Crippen molar-refractivity contribution in [1.29, 1.82) is 0 Å². The second-order valence-corrected chi connectivity index (χ2v) is 2.71. The highest BCUT2D eigenvalue weighted by Gasteiger charge is 2.08. The topological polar surface area (TPSA) is 63.6 Å². The zero-order valence-corrected chi connectivity index (χ0v) is 8.21. The van der Waals surface area contributed by atoms with E-state index in [0.29, 0.717) is 6.61 Å². The van der Waals surface area contributed by atoms with Crippen molar-refractivity contribution in [2.24, 2.45) is 0 Å². The summed E-state index contributed by atoms with van der Waals surface area (Å²) in [5, 5.41) is 8.65. The first kappa shape index (κ1) is 12.7. The van der Waals surface area contributed by atoms with E-state index >= 15 is 0 Å². The quantitative estimate of drug-likeness (QED) is 0.223. The first-order chi connectivity index (χ1) is 6.76. The summed E-state index contributed by atoms with van der Waals surface area (Å²) in [6.45, 7) is 1.79. The molecular formula is C10H14O4. The third kappa shape index (κ3) is 5.33. The van der Waals surface area contributed by atoms with Gasteiger partial charge in [0.2, 0.25) is 0 Å². The van der Waals surface area contributed by atoms with Crippen LogP contribution in [-0.2, 0) is 14.3 Å². The molecule has 0 rings (SSSR count). The van der Waals surface area contributed by atoms with Crippen LogP contribution < -0.4 is 0 Å². The number of ether oxygens (including phenoxy) is 1. The Morgan fingerprint density at radius 2 is 2.14 bits per heavy atom. The summed E-state index contributed by atoms with van der Waals surface area (Å²) in [5.74, 6) is 0.601. The molecule has 0 spiro atoms. The van der Waals surface area contributed by atoms with Crippen LogP contribution in [0.1, 0.15) is 26.2 Å². The molecule has 0 saturated carbocycles. The normalized spacial score (nSPS) is 8.71. The van der Waals surface area contributed by atoms with Gasteiger partial charge >= 0.3 is 5.97 Å². The van der Waals surface area contributed by atoms with Gasteiger partial charge < -0.3 is 9.84 Å². The van der Waals surface area contributed by atoms with E-state index in [1.807, 2.05) is 12.7 Å². The van der Waals surface area contributed by atoms with E-state index < -0.39 is 12.6 Å². The molecule has 78 valence electrons. The van der Waals surface area contributed by atoms with E-state index in [1.165, 1.54) is 5.94 Å². The maximum Gasteiger partial charge on any atom is 0.345 e. The van der Waals surface area contributed by atoms with Crippen LogP contribution in [0.25, 0.3) is 0 Å². The van der Waals surface area contributed by atoms with Crippen molar-refractivity contribution in [3.05, 3.63) is 11.3 Å². The van der Waals surface area contributed by atoms with Gasteiger partial charge in [-0.2, -0.15) is 0 Å². The van der Waals surface area contributed by atoms with Gasteiger partial charge in [-0.3, -0.25) is 0 Å². The van der Waals surface area contributed by atoms with E-state index in [2.05, 4.69) is 0 Å². The highest BCUT2D eigenvalue weighted by molar-refractivity contribution is 5.89. The number of unbranched alkanes of at least 4 members (excludes halogenated alkanes) is 2. The number of aliphatic hydroxyl groups excluding tert-OH is 1. The lowest BCUT2D eigenvalue weighted by molar-refractivity contribution is -0.139. The van der Waals surface area contributed by atoms with Crippen molar-refractivity contribution in [2.75, 3.05) is 13.2 Å². The van der Waals surface area contributed by atoms with Gasteiger partial charge in [0.1, 0.15) is 5.57 Å². The molecule has 0 atom stereocenters. The van der Waals surface area contributed by atoms with Crippen molar-refractivity contribution >= 4 is 11.9 Å². The molecule has 0 heterocycles. The maximum atomic E-state index is 11.1. The predicted molar refractivity (Wildman–Crippen MR) is 50.3 cm³/mol. The SMILES string of the molecule is CCCCCOC(=O)C(=C=C=O)CO. The summed E-state index contributed by atoms with van der Waals surface area (Å²) in [5.41, 5.74) is 1.78. The van der Waals surface area contributed by atoms with E-state index in [0.717, 1.165) is 19.3 Å². The second kappa shape index (κ2) is 8.27. The van der Waals surface area contributed by atoms with Crippen molar-refractivity contribution in [1.82, 2.24) is 0 Å². The first-order valence-corrected chi connectivity index (χ1v) is 4.53. The second-order valence-electron chi connectivity index (χ2n) is 2.71. The summed E-state index contributed by atoms with van der Waals surface area (Å²) < 4.78 is 4.77. The van der Waals surface area contributed by atoms with Gasteiger partial charge in [-0.15, -0.1) is 0 Å². The lowest BCUT2D eigenvalue weighted by atomic mass is 10.2. The largest absolute Gasteiger partial charge is 0.462 e. The number of carbonyl (C=O) groups excluding carboxylic acids is 2. The fourth-order valence-electron chi connectivity index (χ4n) is 0.821. The molecule has 4 heteroatoms. The summed E-state index contributed by atoms with van der Waals surface area (Å²) in [4.78, 5) is 20.9. The van der Waals surface area contributed by atoms with Gasteiger partial charge in [0.25, 0.3) is 0 Å². The fraction of sp³-hybridized carbons (Fsp3) is 0.600. The van der Waals surface area contributed by atoms with Gasteiger partial charge in [-0.25, -0.2) is 9.59 Å². The Bertz CT molecular complexity index is 257. The molecule has 0 bridgehead atoms. The summed E-state index contributed by atoms with van der Waals surface area (Å²) in [6.07, 6.45) is 2.80.